The van der Waals surface area contributed by atoms with Crippen LogP contribution in [0.1, 0.15) is 5.56 Å². The van der Waals surface area contributed by atoms with Crippen LogP contribution in [0, 0.1) is 0 Å². The highest BCUT2D eigenvalue weighted by atomic mass is 35.5. The average molecular weight is 299 g/mol. The van der Waals surface area contributed by atoms with Gasteiger partial charge in [-0.2, -0.15) is 0 Å². The molecule has 0 bridgehead atoms. The number of carbonyl (C=O) groups is 3. The van der Waals surface area contributed by atoms with Gasteiger partial charge in [0.15, 0.2) is 0 Å². The first-order valence-corrected chi connectivity index (χ1v) is 6.35. The van der Waals surface area contributed by atoms with Crippen molar-refractivity contribution in [3.05, 3.63) is 35.9 Å². The first-order valence-electron chi connectivity index (χ1n) is 5.97. The number of benzene rings is 1. The maximum atomic E-state index is 11.3. The van der Waals surface area contributed by atoms with Gasteiger partial charge in [0.1, 0.15) is 6.54 Å². The second kappa shape index (κ2) is 8.92. The standard InChI is InChI=1S/C13H15ClN2O4/c14-11(17)8-15-12(18)9-16-13(19)20-7-6-10-4-2-1-3-5-10/h1-5H,6-9H2,(H,15,18)(H,16,19). The molecule has 6 nitrogen and oxygen atoms in total. The van der Waals surface area contributed by atoms with Crippen LogP contribution in [0.5, 0.6) is 0 Å². The third kappa shape index (κ3) is 7.38. The van der Waals surface area contributed by atoms with E-state index < -0.39 is 17.2 Å². The molecule has 0 aliphatic heterocycles. The van der Waals surface area contributed by atoms with Gasteiger partial charge >= 0.3 is 6.09 Å². The molecule has 0 saturated carbocycles. The Morgan fingerprint density at radius 3 is 2.40 bits per heavy atom. The van der Waals surface area contributed by atoms with E-state index in [0.717, 1.165) is 5.56 Å². The van der Waals surface area contributed by atoms with Crippen molar-refractivity contribution in [1.82, 2.24) is 10.6 Å². The largest absolute Gasteiger partial charge is 0.449 e. The molecule has 0 radical (unpaired) electrons. The first-order chi connectivity index (χ1) is 9.58. The van der Waals surface area contributed by atoms with Crippen LogP contribution in [-0.2, 0) is 20.7 Å². The van der Waals surface area contributed by atoms with Crippen molar-refractivity contribution in [2.75, 3.05) is 19.7 Å². The Balaban J connectivity index is 2.11. The van der Waals surface area contributed by atoms with Crippen molar-refractivity contribution in [2.24, 2.45) is 0 Å². The minimum absolute atomic E-state index is 0.220. The lowest BCUT2D eigenvalue weighted by Gasteiger charge is -2.07. The van der Waals surface area contributed by atoms with E-state index in [1.165, 1.54) is 0 Å². The van der Waals surface area contributed by atoms with E-state index in [9.17, 15) is 14.4 Å². The van der Waals surface area contributed by atoms with E-state index >= 15 is 0 Å². The summed E-state index contributed by atoms with van der Waals surface area (Å²) in [6.07, 6.45) is -0.0884. The van der Waals surface area contributed by atoms with Gasteiger partial charge in [-0.15, -0.1) is 0 Å². The zero-order valence-corrected chi connectivity index (χ0v) is 11.5. The van der Waals surface area contributed by atoms with Gasteiger partial charge in [-0.25, -0.2) is 4.79 Å². The Hall–Kier alpha value is -2.08. The van der Waals surface area contributed by atoms with Crippen LogP contribution >= 0.6 is 11.6 Å². The van der Waals surface area contributed by atoms with Crippen LogP contribution in [-0.4, -0.2) is 36.9 Å². The zero-order valence-electron chi connectivity index (χ0n) is 10.7. The van der Waals surface area contributed by atoms with Gasteiger partial charge in [0, 0.05) is 6.42 Å². The number of hydrogen-bond donors (Lipinski definition) is 2. The second-order valence-corrected chi connectivity index (χ2v) is 4.28. The molecule has 0 heterocycles. The lowest BCUT2D eigenvalue weighted by molar-refractivity contribution is -0.122. The van der Waals surface area contributed by atoms with Crippen molar-refractivity contribution in [3.8, 4) is 0 Å². The molecule has 108 valence electrons. The predicted molar refractivity (Wildman–Crippen MR) is 73.4 cm³/mol. The molecule has 1 rings (SSSR count). The maximum absolute atomic E-state index is 11.3. The minimum atomic E-state index is -0.687. The molecule has 0 aliphatic carbocycles. The Labute approximate surface area is 121 Å². The van der Waals surface area contributed by atoms with Crippen molar-refractivity contribution in [3.63, 3.8) is 0 Å². The summed E-state index contributed by atoms with van der Waals surface area (Å²) >= 11 is 5.05. The van der Waals surface area contributed by atoms with Gasteiger partial charge in [0.25, 0.3) is 0 Å². The van der Waals surface area contributed by atoms with E-state index in [0.29, 0.717) is 6.42 Å². The van der Waals surface area contributed by atoms with Gasteiger partial charge in [-0.05, 0) is 17.2 Å². The summed E-state index contributed by atoms with van der Waals surface area (Å²) in [5.74, 6) is -0.515. The molecule has 2 N–H and O–H groups in total. The number of nitrogens with one attached hydrogen (secondary N) is 2. The van der Waals surface area contributed by atoms with Crippen LogP contribution in [0.3, 0.4) is 0 Å². The number of amides is 2. The lowest BCUT2D eigenvalue weighted by Crippen LogP contribution is -2.38. The molecule has 7 heteroatoms. The highest BCUT2D eigenvalue weighted by Gasteiger charge is 2.07. The first kappa shape index (κ1) is 16.0. The van der Waals surface area contributed by atoms with Gasteiger partial charge < -0.3 is 15.4 Å². The van der Waals surface area contributed by atoms with Crippen LogP contribution < -0.4 is 10.6 Å². The molecule has 0 fully saturated rings. The molecule has 0 aromatic heterocycles. The summed E-state index contributed by atoms with van der Waals surface area (Å²) in [6.45, 7) is -0.322. The van der Waals surface area contributed by atoms with E-state index in [4.69, 9.17) is 16.3 Å². The molecule has 20 heavy (non-hydrogen) atoms. The Bertz CT molecular complexity index is 465. The topological polar surface area (TPSA) is 84.5 Å². The van der Waals surface area contributed by atoms with Crippen LogP contribution in [0.2, 0.25) is 0 Å². The van der Waals surface area contributed by atoms with Crippen molar-refractivity contribution < 1.29 is 19.1 Å². The molecule has 0 unspecified atom stereocenters. The molecule has 0 saturated heterocycles. The third-order valence-electron chi connectivity index (χ3n) is 2.28. The summed E-state index contributed by atoms with van der Waals surface area (Å²) < 4.78 is 4.90. The Morgan fingerprint density at radius 2 is 1.75 bits per heavy atom. The Morgan fingerprint density at radius 1 is 1.05 bits per heavy atom. The average Bonchev–Trinajstić information content (AvgIpc) is 2.44. The minimum Gasteiger partial charge on any atom is -0.449 e. The van der Waals surface area contributed by atoms with Gasteiger partial charge in [0.05, 0.1) is 13.2 Å². The summed E-state index contributed by atoms with van der Waals surface area (Å²) in [6, 6.07) is 9.56. The molecule has 1 aromatic rings. The summed E-state index contributed by atoms with van der Waals surface area (Å²) in [4.78, 5) is 32.8. The lowest BCUT2D eigenvalue weighted by atomic mass is 10.2. The summed E-state index contributed by atoms with van der Waals surface area (Å²) in [5, 5.41) is 3.82. The van der Waals surface area contributed by atoms with Gasteiger partial charge in [-0.3, -0.25) is 9.59 Å². The molecule has 0 aliphatic rings. The smallest absolute Gasteiger partial charge is 0.407 e. The van der Waals surface area contributed by atoms with Gasteiger partial charge in [-0.1, -0.05) is 30.3 Å². The summed E-state index contributed by atoms with van der Waals surface area (Å²) in [7, 11) is 0. The predicted octanol–water partition coefficient (Wildman–Crippen LogP) is 0.837. The van der Waals surface area contributed by atoms with Crippen LogP contribution in [0.4, 0.5) is 4.79 Å². The molecule has 2 amide bonds. The van der Waals surface area contributed by atoms with E-state index in [1.807, 2.05) is 30.3 Å². The quantitative estimate of drug-likeness (QED) is 0.731. The van der Waals surface area contributed by atoms with Crippen molar-refractivity contribution >= 4 is 28.8 Å². The van der Waals surface area contributed by atoms with E-state index in [1.54, 1.807) is 0 Å². The molecular formula is C13H15ClN2O4. The fraction of sp³-hybridized carbons (Fsp3) is 0.308. The highest BCUT2D eigenvalue weighted by Crippen LogP contribution is 1.99. The molecule has 0 atom stereocenters. The van der Waals surface area contributed by atoms with E-state index in [-0.39, 0.29) is 19.7 Å². The fourth-order valence-electron chi connectivity index (χ4n) is 1.34. The molecule has 1 aromatic carbocycles. The maximum Gasteiger partial charge on any atom is 0.407 e. The summed E-state index contributed by atoms with van der Waals surface area (Å²) in [5.41, 5.74) is 1.05. The number of halogens is 1. The number of alkyl carbamates (subject to hydrolysis) is 1. The number of hydrogen-bond acceptors (Lipinski definition) is 4. The third-order valence-corrected chi connectivity index (χ3v) is 2.42. The van der Waals surface area contributed by atoms with Crippen molar-refractivity contribution in [1.29, 1.82) is 0 Å². The number of rotatable bonds is 7. The second-order valence-electron chi connectivity index (χ2n) is 3.86. The van der Waals surface area contributed by atoms with Crippen molar-refractivity contribution in [2.45, 2.75) is 6.42 Å². The number of ether oxygens (including phenoxy) is 1. The van der Waals surface area contributed by atoms with Crippen LogP contribution in [0.25, 0.3) is 0 Å². The van der Waals surface area contributed by atoms with Crippen LogP contribution in [0.15, 0.2) is 30.3 Å². The fourth-order valence-corrected chi connectivity index (χ4v) is 1.41. The zero-order chi connectivity index (χ0) is 14.8. The molecular weight excluding hydrogens is 284 g/mol. The normalized spacial score (nSPS) is 9.65. The monoisotopic (exact) mass is 298 g/mol. The molecule has 0 spiro atoms. The number of carbonyl (C=O) groups excluding carboxylic acids is 3. The SMILES string of the molecule is O=C(Cl)CNC(=O)CNC(=O)OCCc1ccccc1. The highest BCUT2D eigenvalue weighted by molar-refractivity contribution is 6.64. The Kier molecular flexibility index (Phi) is 7.13. The van der Waals surface area contributed by atoms with E-state index in [2.05, 4.69) is 10.6 Å². The van der Waals surface area contributed by atoms with Gasteiger partial charge in [0.2, 0.25) is 11.1 Å².